The Balaban J connectivity index is 2.57. The lowest BCUT2D eigenvalue weighted by atomic mass is 10.2. The Morgan fingerprint density at radius 1 is 1.44 bits per heavy atom. The van der Waals surface area contributed by atoms with Crippen molar-refractivity contribution in [1.82, 2.24) is 4.90 Å². The van der Waals surface area contributed by atoms with Gasteiger partial charge in [-0.3, -0.25) is 4.79 Å². The third-order valence-corrected chi connectivity index (χ3v) is 2.58. The summed E-state index contributed by atoms with van der Waals surface area (Å²) in [6.07, 6.45) is 0. The number of carbonyl (C=O) groups is 1. The first-order valence-electron chi connectivity index (χ1n) is 5.49. The number of hydrogen-bond acceptors (Lipinski definition) is 4. The number of aliphatic hydroxyl groups is 1. The zero-order chi connectivity index (χ0) is 13.5. The van der Waals surface area contributed by atoms with Gasteiger partial charge in [-0.05, 0) is 18.2 Å². The summed E-state index contributed by atoms with van der Waals surface area (Å²) in [4.78, 5) is 13.4. The van der Waals surface area contributed by atoms with Crippen LogP contribution < -0.4 is 0 Å². The summed E-state index contributed by atoms with van der Waals surface area (Å²) in [5, 5.41) is 18.5. The van der Waals surface area contributed by atoms with Gasteiger partial charge in [-0.2, -0.15) is 0 Å². The lowest BCUT2D eigenvalue weighted by Gasteiger charge is -2.17. The van der Waals surface area contributed by atoms with E-state index in [1.165, 1.54) is 17.0 Å². The molecule has 0 heterocycles. The van der Waals surface area contributed by atoms with E-state index < -0.39 is 0 Å². The Hall–Kier alpha value is -1.30. The van der Waals surface area contributed by atoms with E-state index in [0.29, 0.717) is 18.2 Å². The van der Waals surface area contributed by atoms with Gasteiger partial charge in [0.05, 0.1) is 25.4 Å². The van der Waals surface area contributed by atoms with Crippen LogP contribution in [0, 0.1) is 0 Å². The average Bonchev–Trinajstić information content (AvgIpc) is 2.33. The largest absolute Gasteiger partial charge is 0.507 e. The maximum Gasteiger partial charge on any atom is 0.257 e. The van der Waals surface area contributed by atoms with E-state index in [-0.39, 0.29) is 30.4 Å². The smallest absolute Gasteiger partial charge is 0.257 e. The van der Waals surface area contributed by atoms with Crippen LogP contribution in [-0.4, -0.2) is 54.4 Å². The van der Waals surface area contributed by atoms with Crippen LogP contribution in [0.5, 0.6) is 5.75 Å². The van der Waals surface area contributed by atoms with E-state index in [2.05, 4.69) is 0 Å². The van der Waals surface area contributed by atoms with Crippen molar-refractivity contribution in [1.29, 1.82) is 0 Å². The monoisotopic (exact) mass is 273 g/mol. The Morgan fingerprint density at radius 3 is 2.78 bits per heavy atom. The number of carbonyl (C=O) groups excluding carboxylic acids is 1. The van der Waals surface area contributed by atoms with Gasteiger partial charge in [-0.1, -0.05) is 11.6 Å². The number of ether oxygens (including phenoxy) is 1. The highest BCUT2D eigenvalue weighted by atomic mass is 35.5. The molecule has 0 unspecified atom stereocenters. The second-order valence-electron chi connectivity index (χ2n) is 3.72. The van der Waals surface area contributed by atoms with Gasteiger partial charge in [0.15, 0.2) is 0 Å². The van der Waals surface area contributed by atoms with Crippen LogP contribution in [0.25, 0.3) is 0 Å². The summed E-state index contributed by atoms with van der Waals surface area (Å²) in [5.74, 6) is -0.451. The lowest BCUT2D eigenvalue weighted by Crippen LogP contribution is -2.30. The summed E-state index contributed by atoms with van der Waals surface area (Å²) in [5.41, 5.74) is 0.198. The number of rotatable bonds is 6. The fourth-order valence-electron chi connectivity index (χ4n) is 1.36. The minimum atomic E-state index is -0.309. The Bertz CT molecular complexity index is 411. The van der Waals surface area contributed by atoms with Crippen molar-refractivity contribution in [2.75, 3.05) is 33.4 Å². The number of likely N-dealkylation sites (N-methyl/N-ethyl adjacent to an activating group) is 1. The quantitative estimate of drug-likeness (QED) is 0.762. The summed E-state index contributed by atoms with van der Waals surface area (Å²) >= 11 is 5.69. The summed E-state index contributed by atoms with van der Waals surface area (Å²) in [6, 6.07) is 4.35. The number of aromatic hydroxyl groups is 1. The molecule has 100 valence electrons. The molecule has 0 atom stereocenters. The zero-order valence-electron chi connectivity index (χ0n) is 10.1. The fraction of sp³-hybridized carbons (Fsp3) is 0.417. The van der Waals surface area contributed by atoms with Gasteiger partial charge >= 0.3 is 0 Å². The Kier molecular flexibility index (Phi) is 5.91. The van der Waals surface area contributed by atoms with Crippen LogP contribution >= 0.6 is 11.6 Å². The third-order valence-electron chi connectivity index (χ3n) is 2.34. The Morgan fingerprint density at radius 2 is 2.17 bits per heavy atom. The molecular formula is C12H16ClNO4. The van der Waals surface area contributed by atoms with E-state index in [1.54, 1.807) is 13.1 Å². The number of amides is 1. The molecule has 1 rings (SSSR count). The first-order chi connectivity index (χ1) is 8.56. The number of aliphatic hydroxyl groups excluding tert-OH is 1. The van der Waals surface area contributed by atoms with E-state index in [9.17, 15) is 9.90 Å². The molecule has 5 nitrogen and oxygen atoms in total. The van der Waals surface area contributed by atoms with Crippen molar-refractivity contribution < 1.29 is 19.7 Å². The molecule has 0 saturated heterocycles. The molecule has 0 aliphatic carbocycles. The molecule has 0 saturated carbocycles. The third kappa shape index (κ3) is 4.18. The van der Waals surface area contributed by atoms with E-state index >= 15 is 0 Å². The standard InChI is InChI=1S/C12H16ClNO4/c1-14(4-6-18-7-5-15)12(17)10-3-2-9(13)8-11(10)16/h2-3,8,15-16H,4-7H2,1H3. The molecular weight excluding hydrogens is 258 g/mol. The predicted molar refractivity (Wildman–Crippen MR) is 68.0 cm³/mol. The first-order valence-corrected chi connectivity index (χ1v) is 5.86. The molecule has 1 aromatic carbocycles. The number of benzene rings is 1. The van der Waals surface area contributed by atoms with Crippen LogP contribution in [0.2, 0.25) is 5.02 Å². The molecule has 0 aliphatic rings. The molecule has 2 N–H and O–H groups in total. The lowest BCUT2D eigenvalue weighted by molar-refractivity contribution is 0.0616. The van der Waals surface area contributed by atoms with Crippen molar-refractivity contribution in [2.24, 2.45) is 0 Å². The van der Waals surface area contributed by atoms with Crippen LogP contribution in [0.4, 0.5) is 0 Å². The van der Waals surface area contributed by atoms with Crippen LogP contribution in [0.15, 0.2) is 18.2 Å². The van der Waals surface area contributed by atoms with Gasteiger partial charge in [0.25, 0.3) is 5.91 Å². The van der Waals surface area contributed by atoms with Gasteiger partial charge in [-0.25, -0.2) is 0 Å². The maximum absolute atomic E-state index is 12.0. The van der Waals surface area contributed by atoms with Gasteiger partial charge in [0, 0.05) is 18.6 Å². The molecule has 0 radical (unpaired) electrons. The topological polar surface area (TPSA) is 70.0 Å². The summed E-state index contributed by atoms with van der Waals surface area (Å²) in [7, 11) is 1.61. The van der Waals surface area contributed by atoms with Crippen molar-refractivity contribution in [3.8, 4) is 5.75 Å². The highest BCUT2D eigenvalue weighted by Crippen LogP contribution is 2.22. The van der Waals surface area contributed by atoms with Crippen LogP contribution in [0.3, 0.4) is 0 Å². The average molecular weight is 274 g/mol. The number of nitrogens with zero attached hydrogens (tertiary/aromatic N) is 1. The van der Waals surface area contributed by atoms with E-state index in [4.69, 9.17) is 21.4 Å². The minimum Gasteiger partial charge on any atom is -0.507 e. The van der Waals surface area contributed by atoms with Crippen molar-refractivity contribution in [3.63, 3.8) is 0 Å². The van der Waals surface area contributed by atoms with Gasteiger partial charge in [-0.15, -0.1) is 0 Å². The predicted octanol–water partition coefficient (Wildman–Crippen LogP) is 1.13. The molecule has 0 aromatic heterocycles. The zero-order valence-corrected chi connectivity index (χ0v) is 10.9. The second kappa shape index (κ2) is 7.20. The van der Waals surface area contributed by atoms with E-state index in [0.717, 1.165) is 0 Å². The molecule has 1 aromatic rings. The fourth-order valence-corrected chi connectivity index (χ4v) is 1.53. The minimum absolute atomic E-state index is 0.0460. The molecule has 0 aliphatic heterocycles. The van der Waals surface area contributed by atoms with Crippen LogP contribution in [0.1, 0.15) is 10.4 Å². The number of phenolic OH excluding ortho intramolecular Hbond substituents is 1. The first kappa shape index (κ1) is 14.8. The number of hydrogen-bond donors (Lipinski definition) is 2. The Labute approximate surface area is 111 Å². The summed E-state index contributed by atoms with van der Waals surface area (Å²) in [6.45, 7) is 0.905. The molecule has 0 spiro atoms. The van der Waals surface area contributed by atoms with Crippen LogP contribution in [-0.2, 0) is 4.74 Å². The van der Waals surface area contributed by atoms with Crippen molar-refractivity contribution in [3.05, 3.63) is 28.8 Å². The van der Waals surface area contributed by atoms with Gasteiger partial charge < -0.3 is 19.8 Å². The van der Waals surface area contributed by atoms with Crippen molar-refractivity contribution >= 4 is 17.5 Å². The summed E-state index contributed by atoms with van der Waals surface area (Å²) < 4.78 is 5.06. The second-order valence-corrected chi connectivity index (χ2v) is 4.16. The molecule has 1 amide bonds. The highest BCUT2D eigenvalue weighted by Gasteiger charge is 2.15. The maximum atomic E-state index is 12.0. The molecule has 18 heavy (non-hydrogen) atoms. The van der Waals surface area contributed by atoms with E-state index in [1.807, 2.05) is 0 Å². The number of halogens is 1. The highest BCUT2D eigenvalue weighted by molar-refractivity contribution is 6.30. The normalized spacial score (nSPS) is 10.4. The van der Waals surface area contributed by atoms with Crippen molar-refractivity contribution in [2.45, 2.75) is 0 Å². The SMILES string of the molecule is CN(CCOCCO)C(=O)c1ccc(Cl)cc1O. The molecule has 0 bridgehead atoms. The molecule has 6 heteroatoms. The van der Waals surface area contributed by atoms with Gasteiger partial charge in [0.2, 0.25) is 0 Å². The van der Waals surface area contributed by atoms with Gasteiger partial charge in [0.1, 0.15) is 5.75 Å². The number of phenols is 1. The molecule has 0 fully saturated rings.